The summed E-state index contributed by atoms with van der Waals surface area (Å²) in [6, 6.07) is 5.77. The molecule has 0 saturated heterocycles. The number of sulfonamides is 1. The molecule has 1 aromatic heterocycles. The Hall–Kier alpha value is -2.47. The van der Waals surface area contributed by atoms with Gasteiger partial charge in [-0.25, -0.2) is 13.2 Å². The lowest BCUT2D eigenvalue weighted by Gasteiger charge is -2.13. The number of benzene rings is 1. The Morgan fingerprint density at radius 3 is 2.42 bits per heavy atom. The van der Waals surface area contributed by atoms with E-state index in [1.165, 1.54) is 31.2 Å². The number of esters is 2. The Kier molecular flexibility index (Phi) is 8.57. The predicted molar refractivity (Wildman–Crippen MR) is 116 cm³/mol. The van der Waals surface area contributed by atoms with Crippen LogP contribution in [0.2, 0.25) is 5.02 Å². The van der Waals surface area contributed by atoms with E-state index in [0.717, 1.165) is 11.3 Å². The molecule has 12 heteroatoms. The first kappa shape index (κ1) is 24.8. The first-order chi connectivity index (χ1) is 14.5. The number of rotatable bonds is 9. The van der Waals surface area contributed by atoms with Crippen molar-refractivity contribution in [3.05, 3.63) is 45.8 Å². The highest BCUT2D eigenvalue weighted by Crippen LogP contribution is 2.27. The standard InChI is InChI=1S/C19H21ClN2O7S2/c1-4-28-19(25)17-11(2)9-16(30-17)21-15(23)10-29-18(24)12(3)22-31(26,27)14-7-5-13(20)6-8-14/h5-9,12,22H,4,10H2,1-3H3,(H,21,23)/t12-/m0/s1. The summed E-state index contributed by atoms with van der Waals surface area (Å²) in [6.07, 6.45) is 0. The molecule has 2 rings (SSSR count). The summed E-state index contributed by atoms with van der Waals surface area (Å²) in [6.45, 7) is 4.29. The van der Waals surface area contributed by atoms with Gasteiger partial charge in [0.1, 0.15) is 10.9 Å². The highest BCUT2D eigenvalue weighted by molar-refractivity contribution is 7.89. The molecule has 0 bridgehead atoms. The van der Waals surface area contributed by atoms with Gasteiger partial charge in [0.05, 0.1) is 16.5 Å². The zero-order valence-electron chi connectivity index (χ0n) is 16.9. The Bertz CT molecular complexity index is 1070. The van der Waals surface area contributed by atoms with Crippen LogP contribution in [0.3, 0.4) is 0 Å². The van der Waals surface area contributed by atoms with Crippen LogP contribution in [0.1, 0.15) is 29.1 Å². The number of hydrogen-bond donors (Lipinski definition) is 2. The Morgan fingerprint density at radius 1 is 1.16 bits per heavy atom. The second kappa shape index (κ2) is 10.7. The van der Waals surface area contributed by atoms with Gasteiger partial charge in [-0.15, -0.1) is 11.3 Å². The maximum Gasteiger partial charge on any atom is 0.348 e. The van der Waals surface area contributed by atoms with E-state index >= 15 is 0 Å². The molecule has 0 fully saturated rings. The minimum Gasteiger partial charge on any atom is -0.462 e. The van der Waals surface area contributed by atoms with Crippen molar-refractivity contribution in [3.63, 3.8) is 0 Å². The van der Waals surface area contributed by atoms with Crippen LogP contribution in [-0.2, 0) is 29.1 Å². The summed E-state index contributed by atoms with van der Waals surface area (Å²) < 4.78 is 36.6. The number of hydrogen-bond acceptors (Lipinski definition) is 8. The number of anilines is 1. The zero-order valence-corrected chi connectivity index (χ0v) is 19.3. The number of carbonyl (C=O) groups excluding carboxylic acids is 3. The van der Waals surface area contributed by atoms with E-state index in [-0.39, 0.29) is 11.5 Å². The second-order valence-electron chi connectivity index (χ2n) is 6.30. The van der Waals surface area contributed by atoms with Crippen molar-refractivity contribution in [3.8, 4) is 0 Å². The normalized spacial score (nSPS) is 12.1. The largest absolute Gasteiger partial charge is 0.462 e. The minimum absolute atomic E-state index is 0.0697. The lowest BCUT2D eigenvalue weighted by atomic mass is 10.3. The fourth-order valence-corrected chi connectivity index (χ4v) is 4.64. The summed E-state index contributed by atoms with van der Waals surface area (Å²) in [5.41, 5.74) is 0.640. The molecule has 1 amide bonds. The third-order valence-electron chi connectivity index (χ3n) is 3.80. The molecule has 9 nitrogen and oxygen atoms in total. The number of nitrogens with one attached hydrogen (secondary N) is 2. The van der Waals surface area contributed by atoms with Gasteiger partial charge in [0.15, 0.2) is 6.61 Å². The Labute approximate surface area is 188 Å². The zero-order chi connectivity index (χ0) is 23.2. The molecule has 168 valence electrons. The minimum atomic E-state index is -3.98. The Morgan fingerprint density at radius 2 is 1.81 bits per heavy atom. The van der Waals surface area contributed by atoms with Crippen LogP contribution < -0.4 is 10.0 Å². The maximum atomic E-state index is 12.3. The quantitative estimate of drug-likeness (QED) is 0.519. The van der Waals surface area contributed by atoms with Crippen molar-refractivity contribution >= 4 is 55.8 Å². The van der Waals surface area contributed by atoms with Gasteiger partial charge in [-0.3, -0.25) is 9.59 Å². The molecule has 2 N–H and O–H groups in total. The molecule has 0 spiro atoms. The number of halogens is 1. The highest BCUT2D eigenvalue weighted by atomic mass is 35.5. The number of ether oxygens (including phenoxy) is 2. The van der Waals surface area contributed by atoms with E-state index in [1.54, 1.807) is 19.9 Å². The summed E-state index contributed by atoms with van der Waals surface area (Å²) in [4.78, 5) is 36.2. The van der Waals surface area contributed by atoms with E-state index < -0.39 is 40.5 Å². The number of carbonyl (C=O) groups is 3. The monoisotopic (exact) mass is 488 g/mol. The first-order valence-corrected chi connectivity index (χ1v) is 11.7. The summed E-state index contributed by atoms with van der Waals surface area (Å²) in [5.74, 6) is -2.06. The molecule has 0 aliphatic heterocycles. The molecular weight excluding hydrogens is 468 g/mol. The fraction of sp³-hybridized carbons (Fsp3) is 0.316. The molecule has 0 aliphatic rings. The van der Waals surface area contributed by atoms with Crippen molar-refractivity contribution in [1.82, 2.24) is 4.72 Å². The molecule has 0 saturated carbocycles. The van der Waals surface area contributed by atoms with Gasteiger partial charge in [0, 0.05) is 5.02 Å². The van der Waals surface area contributed by atoms with Crippen molar-refractivity contribution in [2.75, 3.05) is 18.5 Å². The van der Waals surface area contributed by atoms with Crippen LogP contribution in [0.5, 0.6) is 0 Å². The third kappa shape index (κ3) is 7.03. The van der Waals surface area contributed by atoms with Crippen LogP contribution in [-0.4, -0.2) is 45.5 Å². The maximum absolute atomic E-state index is 12.3. The third-order valence-corrected chi connectivity index (χ3v) is 6.74. The lowest BCUT2D eigenvalue weighted by molar-refractivity contribution is -0.148. The van der Waals surface area contributed by atoms with Crippen LogP contribution in [0.15, 0.2) is 35.2 Å². The van der Waals surface area contributed by atoms with E-state index in [4.69, 9.17) is 21.1 Å². The van der Waals surface area contributed by atoms with Gasteiger partial charge >= 0.3 is 11.9 Å². The number of thiophene rings is 1. The van der Waals surface area contributed by atoms with Crippen molar-refractivity contribution in [2.24, 2.45) is 0 Å². The average Bonchev–Trinajstić information content (AvgIpc) is 3.06. The SMILES string of the molecule is CCOC(=O)c1sc(NC(=O)COC(=O)[C@H](C)NS(=O)(=O)c2ccc(Cl)cc2)cc1C. The lowest BCUT2D eigenvalue weighted by Crippen LogP contribution is -2.40. The molecule has 1 atom stereocenters. The smallest absolute Gasteiger partial charge is 0.348 e. The van der Waals surface area contributed by atoms with Crippen molar-refractivity contribution in [1.29, 1.82) is 0 Å². The molecule has 1 heterocycles. The van der Waals surface area contributed by atoms with Crippen molar-refractivity contribution in [2.45, 2.75) is 31.7 Å². The molecule has 1 aromatic carbocycles. The van der Waals surface area contributed by atoms with Crippen LogP contribution in [0, 0.1) is 6.92 Å². The van der Waals surface area contributed by atoms with E-state index in [1.807, 2.05) is 0 Å². The van der Waals surface area contributed by atoms with Gasteiger partial charge in [0.25, 0.3) is 5.91 Å². The molecular formula is C19H21ClN2O7S2. The summed E-state index contributed by atoms with van der Waals surface area (Å²) in [7, 11) is -3.98. The van der Waals surface area contributed by atoms with Crippen LogP contribution in [0.25, 0.3) is 0 Å². The van der Waals surface area contributed by atoms with Crippen molar-refractivity contribution < 1.29 is 32.3 Å². The predicted octanol–water partition coefficient (Wildman–Crippen LogP) is 2.74. The average molecular weight is 489 g/mol. The fourth-order valence-electron chi connectivity index (χ4n) is 2.34. The van der Waals surface area contributed by atoms with Gasteiger partial charge in [-0.2, -0.15) is 4.72 Å². The molecule has 31 heavy (non-hydrogen) atoms. The summed E-state index contributed by atoms with van der Waals surface area (Å²) in [5, 5.41) is 3.27. The molecule has 0 aliphatic carbocycles. The summed E-state index contributed by atoms with van der Waals surface area (Å²) >= 11 is 6.77. The molecule has 0 radical (unpaired) electrons. The first-order valence-electron chi connectivity index (χ1n) is 9.05. The Balaban J connectivity index is 1.89. The number of amides is 1. The van der Waals surface area contributed by atoms with Crippen LogP contribution >= 0.6 is 22.9 Å². The van der Waals surface area contributed by atoms with Crippen LogP contribution in [0.4, 0.5) is 5.00 Å². The topological polar surface area (TPSA) is 128 Å². The van der Waals surface area contributed by atoms with Gasteiger partial charge in [-0.1, -0.05) is 11.6 Å². The van der Waals surface area contributed by atoms with E-state index in [9.17, 15) is 22.8 Å². The van der Waals surface area contributed by atoms with Gasteiger partial charge < -0.3 is 14.8 Å². The molecule has 0 unspecified atom stereocenters. The van der Waals surface area contributed by atoms with E-state index in [2.05, 4.69) is 10.0 Å². The molecule has 2 aromatic rings. The van der Waals surface area contributed by atoms with E-state index in [0.29, 0.717) is 20.5 Å². The second-order valence-corrected chi connectivity index (χ2v) is 9.50. The highest BCUT2D eigenvalue weighted by Gasteiger charge is 2.24. The number of aryl methyl sites for hydroxylation is 1. The van der Waals surface area contributed by atoms with Gasteiger partial charge in [-0.05, 0) is 56.7 Å². The van der Waals surface area contributed by atoms with Gasteiger partial charge in [0.2, 0.25) is 10.0 Å².